The molecule has 1 fully saturated rings. The first-order valence-electron chi connectivity index (χ1n) is 12.2. The van der Waals surface area contributed by atoms with E-state index in [1.165, 1.54) is 0 Å². The van der Waals surface area contributed by atoms with Crippen molar-refractivity contribution in [2.24, 2.45) is 11.1 Å². The number of likely N-dealkylation sites (tertiary alicyclic amines) is 1. The lowest BCUT2D eigenvalue weighted by molar-refractivity contribution is -0.136. The molecule has 0 radical (unpaired) electrons. The Morgan fingerprint density at radius 2 is 1.71 bits per heavy atom. The fourth-order valence-corrected chi connectivity index (χ4v) is 4.37. The minimum Gasteiger partial charge on any atom is -0.445 e. The van der Waals surface area contributed by atoms with Gasteiger partial charge in [-0.2, -0.15) is 0 Å². The number of hydrogen-bond acceptors (Lipinski definition) is 4. The first kappa shape index (κ1) is 25.8. The average Bonchev–Trinajstić information content (AvgIpc) is 3.30. The van der Waals surface area contributed by atoms with E-state index in [0.717, 1.165) is 24.0 Å². The van der Waals surface area contributed by atoms with Crippen LogP contribution >= 0.6 is 0 Å². The normalized spacial score (nSPS) is 17.8. The van der Waals surface area contributed by atoms with Gasteiger partial charge in [0.2, 0.25) is 5.91 Å². The van der Waals surface area contributed by atoms with Crippen LogP contribution in [-0.4, -0.2) is 53.5 Å². The number of ether oxygens (including phenoxy) is 1. The zero-order valence-electron chi connectivity index (χ0n) is 20.9. The number of nitrogens with two attached hydrogens (primary N) is 1. The number of nitrogens with zero attached hydrogens (tertiary/aromatic N) is 2. The second-order valence-electron chi connectivity index (χ2n) is 10.4. The second kappa shape index (κ2) is 11.5. The first-order chi connectivity index (χ1) is 16.2. The number of hydrogen-bond donors (Lipinski definition) is 1. The number of amides is 2. The van der Waals surface area contributed by atoms with Gasteiger partial charge < -0.3 is 20.3 Å². The molecule has 3 rings (SSSR count). The maximum atomic E-state index is 13.2. The summed E-state index contributed by atoms with van der Waals surface area (Å²) in [6.07, 6.45) is 1.41. The molecule has 2 N–H and O–H groups in total. The van der Waals surface area contributed by atoms with Gasteiger partial charge in [0, 0.05) is 25.7 Å². The van der Waals surface area contributed by atoms with E-state index in [9.17, 15) is 9.59 Å². The van der Waals surface area contributed by atoms with Crippen molar-refractivity contribution >= 4 is 12.0 Å². The molecule has 6 heteroatoms. The van der Waals surface area contributed by atoms with E-state index in [-0.39, 0.29) is 36.0 Å². The van der Waals surface area contributed by atoms with Crippen LogP contribution in [-0.2, 0) is 16.1 Å². The third-order valence-electron chi connectivity index (χ3n) is 6.62. The summed E-state index contributed by atoms with van der Waals surface area (Å²) in [4.78, 5) is 30.0. The Balaban J connectivity index is 1.74. The maximum absolute atomic E-state index is 13.2. The lowest BCUT2D eigenvalue weighted by atomic mass is 9.86. The molecule has 0 aromatic heterocycles. The molecule has 1 saturated heterocycles. The van der Waals surface area contributed by atoms with Gasteiger partial charge in [-0.1, -0.05) is 88.4 Å². The largest absolute Gasteiger partial charge is 0.445 e. The molecular weight excluding hydrogens is 426 g/mol. The van der Waals surface area contributed by atoms with Crippen molar-refractivity contribution in [2.45, 2.75) is 65.1 Å². The van der Waals surface area contributed by atoms with Crippen LogP contribution in [0.3, 0.4) is 0 Å². The van der Waals surface area contributed by atoms with Crippen LogP contribution < -0.4 is 5.73 Å². The molecule has 0 bridgehead atoms. The fourth-order valence-electron chi connectivity index (χ4n) is 4.37. The van der Waals surface area contributed by atoms with Crippen molar-refractivity contribution in [1.82, 2.24) is 9.80 Å². The van der Waals surface area contributed by atoms with Gasteiger partial charge in [0.25, 0.3) is 0 Å². The third-order valence-corrected chi connectivity index (χ3v) is 6.62. The topological polar surface area (TPSA) is 75.9 Å². The van der Waals surface area contributed by atoms with Crippen molar-refractivity contribution in [3.05, 3.63) is 71.8 Å². The van der Waals surface area contributed by atoms with Crippen LogP contribution in [0.1, 0.15) is 57.6 Å². The van der Waals surface area contributed by atoms with Crippen LogP contribution in [0.15, 0.2) is 60.7 Å². The Kier molecular flexibility index (Phi) is 8.72. The summed E-state index contributed by atoms with van der Waals surface area (Å²) < 4.78 is 5.69. The highest BCUT2D eigenvalue weighted by molar-refractivity contribution is 5.83. The van der Waals surface area contributed by atoms with Crippen molar-refractivity contribution in [1.29, 1.82) is 0 Å². The zero-order valence-corrected chi connectivity index (χ0v) is 20.9. The number of carbonyl (C=O) groups excluding carboxylic acids is 2. The number of rotatable bonds is 8. The summed E-state index contributed by atoms with van der Waals surface area (Å²) in [6.45, 7) is 9.90. The maximum Gasteiger partial charge on any atom is 0.410 e. The molecule has 2 amide bonds. The van der Waals surface area contributed by atoms with Gasteiger partial charge in [-0.25, -0.2) is 4.79 Å². The Bertz CT molecular complexity index is 927. The highest BCUT2D eigenvalue weighted by Gasteiger charge is 2.38. The van der Waals surface area contributed by atoms with Crippen LogP contribution in [0.25, 0.3) is 0 Å². The van der Waals surface area contributed by atoms with Crippen LogP contribution in [0.2, 0.25) is 0 Å². The Hall–Kier alpha value is -2.86. The molecule has 2 aromatic rings. The fraction of sp³-hybridized carbons (Fsp3) is 0.500. The Morgan fingerprint density at radius 3 is 2.32 bits per heavy atom. The lowest BCUT2D eigenvalue weighted by Gasteiger charge is -2.35. The summed E-state index contributed by atoms with van der Waals surface area (Å²) in [5.74, 6) is 0.0940. The molecule has 1 aliphatic rings. The molecule has 0 saturated carbocycles. The third kappa shape index (κ3) is 6.83. The van der Waals surface area contributed by atoms with E-state index in [0.29, 0.717) is 19.6 Å². The van der Waals surface area contributed by atoms with Gasteiger partial charge in [0.05, 0.1) is 6.04 Å². The van der Waals surface area contributed by atoms with Gasteiger partial charge >= 0.3 is 6.09 Å². The molecular formula is C28H39N3O3. The monoisotopic (exact) mass is 465 g/mol. The summed E-state index contributed by atoms with van der Waals surface area (Å²) in [5.41, 5.74) is 8.09. The molecule has 34 heavy (non-hydrogen) atoms. The van der Waals surface area contributed by atoms with Crippen LogP contribution in [0.5, 0.6) is 0 Å². The van der Waals surface area contributed by atoms with E-state index in [1.54, 1.807) is 4.90 Å². The number of benzene rings is 2. The minimum atomic E-state index is -0.574. The van der Waals surface area contributed by atoms with Crippen molar-refractivity contribution < 1.29 is 14.3 Å². The van der Waals surface area contributed by atoms with E-state index >= 15 is 0 Å². The van der Waals surface area contributed by atoms with Gasteiger partial charge in [-0.15, -0.1) is 0 Å². The molecule has 1 aliphatic heterocycles. The molecule has 184 valence electrons. The van der Waals surface area contributed by atoms with Gasteiger partial charge in [0.1, 0.15) is 6.61 Å². The van der Waals surface area contributed by atoms with E-state index < -0.39 is 6.04 Å². The Morgan fingerprint density at radius 1 is 1.09 bits per heavy atom. The Labute approximate surface area is 204 Å². The smallest absolute Gasteiger partial charge is 0.410 e. The summed E-state index contributed by atoms with van der Waals surface area (Å²) in [7, 11) is 0. The molecule has 6 nitrogen and oxygen atoms in total. The predicted octanol–water partition coefficient (Wildman–Crippen LogP) is 4.79. The van der Waals surface area contributed by atoms with Crippen LogP contribution in [0, 0.1) is 5.41 Å². The first-order valence-corrected chi connectivity index (χ1v) is 12.2. The lowest BCUT2D eigenvalue weighted by Crippen LogP contribution is -2.54. The molecule has 0 spiro atoms. The van der Waals surface area contributed by atoms with Crippen molar-refractivity contribution in [3.8, 4) is 0 Å². The highest BCUT2D eigenvalue weighted by Crippen LogP contribution is 2.26. The van der Waals surface area contributed by atoms with Gasteiger partial charge in [-0.3, -0.25) is 4.79 Å². The van der Waals surface area contributed by atoms with Gasteiger partial charge in [-0.05, 0) is 35.3 Å². The second-order valence-corrected chi connectivity index (χ2v) is 10.4. The predicted molar refractivity (Wildman–Crippen MR) is 135 cm³/mol. The van der Waals surface area contributed by atoms with Crippen LogP contribution in [0.4, 0.5) is 4.79 Å². The average molecular weight is 466 g/mol. The van der Waals surface area contributed by atoms with E-state index in [4.69, 9.17) is 10.5 Å². The molecule has 2 aromatic carbocycles. The SMILES string of the molecule is C[C@H](CN(C[C@@H]1CCCN1C(=O)[C@@H](N)C(C)(C)C)C(=O)OCc1ccccc1)c1ccccc1. The summed E-state index contributed by atoms with van der Waals surface area (Å²) in [6, 6.07) is 19.2. The summed E-state index contributed by atoms with van der Waals surface area (Å²) >= 11 is 0. The minimum absolute atomic E-state index is 0.0382. The quantitative estimate of drug-likeness (QED) is 0.608. The van der Waals surface area contributed by atoms with Gasteiger partial charge in [0.15, 0.2) is 0 Å². The molecule has 0 unspecified atom stereocenters. The number of carbonyl (C=O) groups is 2. The molecule has 0 aliphatic carbocycles. The molecule has 3 atom stereocenters. The molecule has 1 heterocycles. The standard InChI is InChI=1S/C28H39N3O3/c1-21(23-14-9-6-10-15-23)18-30(27(33)34-20-22-12-7-5-8-13-22)19-24-16-11-17-31(24)26(32)25(29)28(2,3)4/h5-10,12-15,21,24-25H,11,16-20,29H2,1-4H3/t21-,24+,25-/m1/s1. The van der Waals surface area contributed by atoms with E-state index in [1.807, 2.05) is 74.2 Å². The summed E-state index contributed by atoms with van der Waals surface area (Å²) in [5, 5.41) is 0. The van der Waals surface area contributed by atoms with Crippen molar-refractivity contribution in [2.75, 3.05) is 19.6 Å². The van der Waals surface area contributed by atoms with E-state index in [2.05, 4.69) is 19.1 Å². The zero-order chi connectivity index (χ0) is 24.7. The highest BCUT2D eigenvalue weighted by atomic mass is 16.6. The van der Waals surface area contributed by atoms with Crippen molar-refractivity contribution in [3.63, 3.8) is 0 Å².